The number of hydrogen-bond acceptors (Lipinski definition) is 5. The molecular weight excluding hydrogens is 274 g/mol. The van der Waals surface area contributed by atoms with Crippen LogP contribution in [0.1, 0.15) is 16.1 Å². The van der Waals surface area contributed by atoms with Gasteiger partial charge in [0, 0.05) is 20.3 Å². The summed E-state index contributed by atoms with van der Waals surface area (Å²) in [5.41, 5.74) is 1.21. The average molecular weight is 287 g/mol. The van der Waals surface area contributed by atoms with Crippen molar-refractivity contribution in [1.29, 1.82) is 0 Å². The van der Waals surface area contributed by atoms with Crippen molar-refractivity contribution in [2.24, 2.45) is 14.1 Å². The van der Waals surface area contributed by atoms with Gasteiger partial charge in [0.15, 0.2) is 17.1 Å². The molecule has 3 aromatic heterocycles. The van der Waals surface area contributed by atoms with Crippen LogP contribution in [-0.4, -0.2) is 35.6 Å². The molecule has 108 valence electrons. The summed E-state index contributed by atoms with van der Waals surface area (Å²) in [6.07, 6.45) is 4.45. The molecule has 0 saturated heterocycles. The van der Waals surface area contributed by atoms with Crippen LogP contribution in [0.15, 0.2) is 18.6 Å². The minimum Gasteiger partial charge on any atom is -0.477 e. The van der Waals surface area contributed by atoms with Gasteiger partial charge >= 0.3 is 5.97 Å². The third kappa shape index (κ3) is 2.10. The van der Waals surface area contributed by atoms with Crippen LogP contribution in [0.25, 0.3) is 11.0 Å². The third-order valence-electron chi connectivity index (χ3n) is 3.11. The second kappa shape index (κ2) is 4.58. The first kappa shape index (κ1) is 13.1. The van der Waals surface area contributed by atoms with Crippen LogP contribution in [0.3, 0.4) is 0 Å². The highest BCUT2D eigenvalue weighted by Crippen LogP contribution is 2.34. The van der Waals surface area contributed by atoms with E-state index in [1.54, 1.807) is 36.6 Å². The van der Waals surface area contributed by atoms with Crippen molar-refractivity contribution in [2.75, 3.05) is 0 Å². The number of fused-ring (bicyclic) bond motifs is 1. The van der Waals surface area contributed by atoms with Gasteiger partial charge in [0.05, 0.1) is 23.5 Å². The summed E-state index contributed by atoms with van der Waals surface area (Å²) in [7, 11) is 3.50. The Labute approximate surface area is 119 Å². The summed E-state index contributed by atoms with van der Waals surface area (Å²) in [6, 6.07) is 0. The number of ether oxygens (including phenoxy) is 1. The summed E-state index contributed by atoms with van der Waals surface area (Å²) >= 11 is 0. The summed E-state index contributed by atoms with van der Waals surface area (Å²) in [4.78, 5) is 15.6. The number of carbonyl (C=O) groups is 1. The molecule has 8 heteroatoms. The van der Waals surface area contributed by atoms with Gasteiger partial charge in [0.2, 0.25) is 0 Å². The summed E-state index contributed by atoms with van der Waals surface area (Å²) in [5, 5.41) is 18.2. The van der Waals surface area contributed by atoms with Crippen molar-refractivity contribution in [3.8, 4) is 11.5 Å². The molecule has 8 nitrogen and oxygen atoms in total. The largest absolute Gasteiger partial charge is 0.477 e. The zero-order valence-corrected chi connectivity index (χ0v) is 11.7. The molecule has 3 rings (SSSR count). The molecule has 0 bridgehead atoms. The Balaban J connectivity index is 2.25. The lowest BCUT2D eigenvalue weighted by atomic mass is 10.2. The summed E-state index contributed by atoms with van der Waals surface area (Å²) in [5.74, 6) is -0.423. The van der Waals surface area contributed by atoms with E-state index in [-0.39, 0.29) is 11.3 Å². The number of carboxylic acids is 1. The van der Waals surface area contributed by atoms with Crippen LogP contribution in [0, 0.1) is 6.92 Å². The average Bonchev–Trinajstić information content (AvgIpc) is 2.94. The normalized spacial score (nSPS) is 11.0. The van der Waals surface area contributed by atoms with Gasteiger partial charge in [-0.25, -0.2) is 9.78 Å². The molecule has 3 aromatic rings. The van der Waals surface area contributed by atoms with Crippen LogP contribution < -0.4 is 4.74 Å². The van der Waals surface area contributed by atoms with E-state index in [1.165, 1.54) is 12.4 Å². The van der Waals surface area contributed by atoms with E-state index in [9.17, 15) is 9.90 Å². The summed E-state index contributed by atoms with van der Waals surface area (Å²) < 4.78 is 8.90. The van der Waals surface area contributed by atoms with E-state index < -0.39 is 5.97 Å². The first-order valence-electron chi connectivity index (χ1n) is 6.19. The van der Waals surface area contributed by atoms with Crippen molar-refractivity contribution >= 4 is 17.0 Å². The zero-order chi connectivity index (χ0) is 15.1. The molecule has 0 aliphatic carbocycles. The highest BCUT2D eigenvalue weighted by atomic mass is 16.5. The third-order valence-corrected chi connectivity index (χ3v) is 3.11. The van der Waals surface area contributed by atoms with E-state index in [0.717, 1.165) is 0 Å². The predicted molar refractivity (Wildman–Crippen MR) is 73.5 cm³/mol. The number of rotatable bonds is 3. The van der Waals surface area contributed by atoms with Crippen LogP contribution >= 0.6 is 0 Å². The Morgan fingerprint density at radius 3 is 2.71 bits per heavy atom. The van der Waals surface area contributed by atoms with Crippen molar-refractivity contribution < 1.29 is 14.6 Å². The van der Waals surface area contributed by atoms with Crippen molar-refractivity contribution in [3.63, 3.8) is 0 Å². The van der Waals surface area contributed by atoms with Gasteiger partial charge in [-0.15, -0.1) is 0 Å². The summed E-state index contributed by atoms with van der Waals surface area (Å²) in [6.45, 7) is 1.78. The van der Waals surface area contributed by atoms with E-state index in [1.807, 2.05) is 0 Å². The number of aryl methyl sites for hydroxylation is 3. The Morgan fingerprint density at radius 2 is 2.10 bits per heavy atom. The molecule has 0 unspecified atom stereocenters. The number of hydrogen-bond donors (Lipinski definition) is 1. The molecule has 0 atom stereocenters. The first-order chi connectivity index (χ1) is 9.97. The monoisotopic (exact) mass is 287 g/mol. The molecule has 0 amide bonds. The zero-order valence-electron chi connectivity index (χ0n) is 11.7. The van der Waals surface area contributed by atoms with E-state index in [0.29, 0.717) is 22.5 Å². The molecule has 0 spiro atoms. The number of aromatic carboxylic acids is 1. The van der Waals surface area contributed by atoms with Crippen molar-refractivity contribution in [2.45, 2.75) is 6.92 Å². The van der Waals surface area contributed by atoms with Crippen LogP contribution in [0.4, 0.5) is 0 Å². The van der Waals surface area contributed by atoms with E-state index in [2.05, 4.69) is 15.2 Å². The van der Waals surface area contributed by atoms with Gasteiger partial charge < -0.3 is 9.84 Å². The molecule has 0 aliphatic rings. The smallest absolute Gasteiger partial charge is 0.341 e. The Bertz CT molecular complexity index is 849. The maximum Gasteiger partial charge on any atom is 0.341 e. The molecule has 0 aromatic carbocycles. The quantitative estimate of drug-likeness (QED) is 0.784. The molecular formula is C13H13N5O3. The van der Waals surface area contributed by atoms with Gasteiger partial charge in [0.1, 0.15) is 5.56 Å². The molecule has 1 N–H and O–H groups in total. The minimum atomic E-state index is -1.11. The fourth-order valence-electron chi connectivity index (χ4n) is 2.21. The Kier molecular flexibility index (Phi) is 2.86. The number of nitrogens with zero attached hydrogens (tertiary/aromatic N) is 5. The minimum absolute atomic E-state index is 0.0116. The van der Waals surface area contributed by atoms with E-state index >= 15 is 0 Å². The van der Waals surface area contributed by atoms with E-state index in [4.69, 9.17) is 4.74 Å². The van der Waals surface area contributed by atoms with Crippen LogP contribution in [-0.2, 0) is 14.1 Å². The van der Waals surface area contributed by atoms with Crippen LogP contribution in [0.5, 0.6) is 11.5 Å². The molecule has 21 heavy (non-hydrogen) atoms. The topological polar surface area (TPSA) is 95.1 Å². The molecule has 0 saturated carbocycles. The Hall–Kier alpha value is -2.90. The highest BCUT2D eigenvalue weighted by Gasteiger charge is 2.21. The lowest BCUT2D eigenvalue weighted by Crippen LogP contribution is -2.02. The van der Waals surface area contributed by atoms with Crippen molar-refractivity contribution in [3.05, 3.63) is 29.8 Å². The van der Waals surface area contributed by atoms with Gasteiger partial charge in [-0.1, -0.05) is 0 Å². The second-order valence-corrected chi connectivity index (χ2v) is 4.67. The first-order valence-corrected chi connectivity index (χ1v) is 6.19. The van der Waals surface area contributed by atoms with Gasteiger partial charge in [-0.2, -0.15) is 10.2 Å². The van der Waals surface area contributed by atoms with Gasteiger partial charge in [-0.05, 0) is 6.92 Å². The van der Waals surface area contributed by atoms with Crippen LogP contribution in [0.2, 0.25) is 0 Å². The highest BCUT2D eigenvalue weighted by molar-refractivity contribution is 5.99. The molecule has 0 aliphatic heterocycles. The maximum absolute atomic E-state index is 11.4. The number of aromatic nitrogens is 5. The van der Waals surface area contributed by atoms with Gasteiger partial charge in [-0.3, -0.25) is 9.36 Å². The molecule has 3 heterocycles. The lowest BCUT2D eigenvalue weighted by Gasteiger charge is -2.08. The maximum atomic E-state index is 11.4. The van der Waals surface area contributed by atoms with Crippen molar-refractivity contribution in [1.82, 2.24) is 24.5 Å². The lowest BCUT2D eigenvalue weighted by molar-refractivity contribution is 0.0694. The molecule has 0 fully saturated rings. The Morgan fingerprint density at radius 1 is 1.33 bits per heavy atom. The SMILES string of the molecule is Cc1nn(C)c2ncc(C(=O)O)c(Oc3cnn(C)c3)c12. The fraction of sp³-hybridized carbons (Fsp3) is 0.231. The predicted octanol–water partition coefficient (Wildman–Crippen LogP) is 1.50. The number of pyridine rings is 1. The fourth-order valence-corrected chi connectivity index (χ4v) is 2.21. The van der Waals surface area contributed by atoms with Gasteiger partial charge in [0.25, 0.3) is 0 Å². The number of carboxylic acid groups (broad SMARTS) is 1. The second-order valence-electron chi connectivity index (χ2n) is 4.67. The molecule has 0 radical (unpaired) electrons. The standard InChI is InChI=1S/C13H13N5O3/c1-7-10-11(21-8-4-15-17(2)6-8)9(13(19)20)5-14-12(10)18(3)16-7/h4-6H,1-3H3,(H,19,20).